The summed E-state index contributed by atoms with van der Waals surface area (Å²) < 4.78 is 29.9. The third-order valence-electron chi connectivity index (χ3n) is 5.68. The zero-order chi connectivity index (χ0) is 26.2. The van der Waals surface area contributed by atoms with E-state index in [0.717, 1.165) is 0 Å². The highest BCUT2D eigenvalue weighted by atomic mass is 32.2. The predicted molar refractivity (Wildman–Crippen MR) is 141 cm³/mol. The molecule has 0 aliphatic rings. The van der Waals surface area contributed by atoms with E-state index in [-0.39, 0.29) is 27.9 Å². The van der Waals surface area contributed by atoms with Crippen LogP contribution in [0, 0.1) is 11.3 Å². The van der Waals surface area contributed by atoms with Crippen LogP contribution in [0.25, 0.3) is 27.7 Å². The van der Waals surface area contributed by atoms with E-state index < -0.39 is 10.0 Å². The fourth-order valence-corrected chi connectivity index (χ4v) is 5.03. The molecule has 182 valence electrons. The van der Waals surface area contributed by atoms with Crippen LogP contribution in [0.5, 0.6) is 0 Å². The lowest BCUT2D eigenvalue weighted by Gasteiger charge is -2.13. The number of nitriles is 1. The number of nitrogens with one attached hydrogen (secondary N) is 1. The van der Waals surface area contributed by atoms with Crippen LogP contribution in [-0.2, 0) is 10.0 Å². The van der Waals surface area contributed by atoms with Crippen LogP contribution < -0.4 is 21.7 Å². The van der Waals surface area contributed by atoms with E-state index in [1.165, 1.54) is 41.1 Å². The predicted octanol–water partition coefficient (Wildman–Crippen LogP) is 3.28. The molecule has 0 spiro atoms. The molecule has 0 aliphatic carbocycles. The van der Waals surface area contributed by atoms with E-state index in [1.54, 1.807) is 42.5 Å². The minimum absolute atomic E-state index is 0.0489. The summed E-state index contributed by atoms with van der Waals surface area (Å²) in [5.41, 5.74) is 14.2. The molecule has 0 aliphatic heterocycles. The first-order valence-corrected chi connectivity index (χ1v) is 12.4. The highest BCUT2D eigenvalue weighted by molar-refractivity contribution is 7.92. The molecule has 0 bridgehead atoms. The molecule has 5 aromatic rings. The molecule has 5 N–H and O–H groups in total. The van der Waals surface area contributed by atoms with E-state index in [0.29, 0.717) is 33.3 Å². The molecule has 5 rings (SSSR count). The Kier molecular flexibility index (Phi) is 5.79. The minimum Gasteiger partial charge on any atom is -0.383 e. The fourth-order valence-electron chi connectivity index (χ4n) is 3.86. The number of fused-ring (bicyclic) bond motifs is 1. The maximum absolute atomic E-state index is 13.3. The van der Waals surface area contributed by atoms with Gasteiger partial charge in [-0.3, -0.25) is 9.52 Å². The topological polar surface area (TPSA) is 170 Å². The molecule has 0 atom stereocenters. The number of nitrogens with zero attached hydrogens (tertiary/aromatic N) is 4. The van der Waals surface area contributed by atoms with Gasteiger partial charge in [0.05, 0.1) is 28.2 Å². The smallest absolute Gasteiger partial charge is 0.267 e. The Morgan fingerprint density at radius 3 is 2.35 bits per heavy atom. The Morgan fingerprint density at radius 2 is 1.65 bits per heavy atom. The molecule has 10 nitrogen and oxygen atoms in total. The molecular weight excluding hydrogens is 490 g/mol. The number of hydrogen-bond acceptors (Lipinski definition) is 8. The van der Waals surface area contributed by atoms with Gasteiger partial charge in [-0.05, 0) is 60.2 Å². The van der Waals surface area contributed by atoms with Gasteiger partial charge < -0.3 is 11.5 Å². The number of rotatable bonds is 5. The van der Waals surface area contributed by atoms with Crippen molar-refractivity contribution in [2.75, 3.05) is 16.2 Å². The molecule has 37 heavy (non-hydrogen) atoms. The maximum atomic E-state index is 13.3. The van der Waals surface area contributed by atoms with Gasteiger partial charge in [0.1, 0.15) is 10.7 Å². The summed E-state index contributed by atoms with van der Waals surface area (Å²) in [4.78, 5) is 21.5. The number of sulfonamides is 1. The largest absolute Gasteiger partial charge is 0.383 e. The maximum Gasteiger partial charge on any atom is 0.267 e. The van der Waals surface area contributed by atoms with Crippen LogP contribution in [0.15, 0.2) is 94.7 Å². The van der Waals surface area contributed by atoms with E-state index in [4.69, 9.17) is 16.7 Å². The summed E-state index contributed by atoms with van der Waals surface area (Å²) in [5.74, 6) is -0.139. The summed E-state index contributed by atoms with van der Waals surface area (Å²) in [6, 6.07) is 23.1. The molecule has 2 heterocycles. The van der Waals surface area contributed by atoms with Crippen molar-refractivity contribution in [3.63, 3.8) is 0 Å². The third-order valence-corrected chi connectivity index (χ3v) is 7.09. The highest BCUT2D eigenvalue weighted by Crippen LogP contribution is 2.28. The SMILES string of the molecule is N#Cc1ccc(NS(=O)(=O)c2cc(-c3ccc4nc(N)n(-c5ccccc5)c(=O)c4c3)cnc2N)cc1. The number of benzene rings is 3. The number of anilines is 3. The van der Waals surface area contributed by atoms with Gasteiger partial charge in [-0.2, -0.15) is 5.26 Å². The minimum atomic E-state index is -4.11. The van der Waals surface area contributed by atoms with Crippen molar-refractivity contribution in [1.82, 2.24) is 14.5 Å². The molecule has 0 fully saturated rings. The average Bonchev–Trinajstić information content (AvgIpc) is 2.89. The first-order chi connectivity index (χ1) is 17.8. The van der Waals surface area contributed by atoms with Gasteiger partial charge in [0.15, 0.2) is 0 Å². The van der Waals surface area contributed by atoms with E-state index >= 15 is 0 Å². The first kappa shape index (κ1) is 23.5. The van der Waals surface area contributed by atoms with Crippen molar-refractivity contribution in [3.05, 3.63) is 101 Å². The summed E-state index contributed by atoms with van der Waals surface area (Å²) in [7, 11) is -4.11. The summed E-state index contributed by atoms with van der Waals surface area (Å²) in [6.07, 6.45) is 1.43. The Bertz CT molecular complexity index is 1860. The number of nitrogens with two attached hydrogens (primary N) is 2. The molecular formula is C26H19N7O3S. The van der Waals surface area contributed by atoms with Crippen molar-refractivity contribution in [3.8, 4) is 22.9 Å². The second kappa shape index (κ2) is 9.10. The number of hydrogen-bond donors (Lipinski definition) is 3. The van der Waals surface area contributed by atoms with Gasteiger partial charge in [-0.15, -0.1) is 0 Å². The standard InChI is InChI=1S/C26H19N7O3S/c27-14-16-6-9-19(10-7-16)32-37(35,36)23-13-18(15-30-24(23)28)17-8-11-22-21(12-17)25(34)33(26(29)31-22)20-4-2-1-3-5-20/h1-13,15,32H,(H2,28,30)(H2,29,31). The van der Waals surface area contributed by atoms with Crippen LogP contribution in [0.4, 0.5) is 17.5 Å². The summed E-state index contributed by atoms with van der Waals surface area (Å²) in [5, 5.41) is 9.24. The quantitative estimate of drug-likeness (QED) is 0.324. The third kappa shape index (κ3) is 4.44. The van der Waals surface area contributed by atoms with E-state index in [1.807, 2.05) is 12.1 Å². The number of pyridine rings is 1. The van der Waals surface area contributed by atoms with Crippen molar-refractivity contribution in [2.45, 2.75) is 4.90 Å². The van der Waals surface area contributed by atoms with Gasteiger partial charge in [-0.1, -0.05) is 24.3 Å². The average molecular weight is 510 g/mol. The lowest BCUT2D eigenvalue weighted by Crippen LogP contribution is -2.23. The highest BCUT2D eigenvalue weighted by Gasteiger charge is 2.20. The van der Waals surface area contributed by atoms with Crippen LogP contribution >= 0.6 is 0 Å². The normalized spacial score (nSPS) is 11.2. The van der Waals surface area contributed by atoms with E-state index in [2.05, 4.69) is 14.7 Å². The van der Waals surface area contributed by atoms with Gasteiger partial charge in [-0.25, -0.2) is 23.0 Å². The van der Waals surface area contributed by atoms with Crippen LogP contribution in [-0.4, -0.2) is 23.0 Å². The van der Waals surface area contributed by atoms with Crippen LogP contribution in [0.2, 0.25) is 0 Å². The Hall–Kier alpha value is -5.21. The zero-order valence-electron chi connectivity index (χ0n) is 19.2. The van der Waals surface area contributed by atoms with Gasteiger partial charge in [0, 0.05) is 17.4 Å². The number of aromatic nitrogens is 3. The molecule has 11 heteroatoms. The second-order valence-corrected chi connectivity index (χ2v) is 9.73. The Labute approximate surface area is 211 Å². The molecule has 0 unspecified atom stereocenters. The molecule has 0 radical (unpaired) electrons. The number of nitrogen functional groups attached to an aromatic ring is 2. The molecule has 0 saturated heterocycles. The fraction of sp³-hybridized carbons (Fsp3) is 0. The van der Waals surface area contributed by atoms with Crippen molar-refractivity contribution < 1.29 is 8.42 Å². The number of para-hydroxylation sites is 1. The Morgan fingerprint density at radius 1 is 0.919 bits per heavy atom. The van der Waals surface area contributed by atoms with Crippen molar-refractivity contribution in [2.24, 2.45) is 0 Å². The van der Waals surface area contributed by atoms with Crippen LogP contribution in [0.3, 0.4) is 0 Å². The molecule has 2 aromatic heterocycles. The lowest BCUT2D eigenvalue weighted by molar-refractivity contribution is 0.601. The van der Waals surface area contributed by atoms with Gasteiger partial charge >= 0.3 is 0 Å². The second-order valence-electron chi connectivity index (χ2n) is 8.08. The summed E-state index contributed by atoms with van der Waals surface area (Å²) >= 11 is 0. The van der Waals surface area contributed by atoms with Gasteiger partial charge in [0.2, 0.25) is 5.95 Å². The molecule has 0 amide bonds. The van der Waals surface area contributed by atoms with Gasteiger partial charge in [0.25, 0.3) is 15.6 Å². The monoisotopic (exact) mass is 509 g/mol. The van der Waals surface area contributed by atoms with Crippen molar-refractivity contribution in [1.29, 1.82) is 5.26 Å². The first-order valence-electron chi connectivity index (χ1n) is 10.9. The molecule has 3 aromatic carbocycles. The summed E-state index contributed by atoms with van der Waals surface area (Å²) in [6.45, 7) is 0. The zero-order valence-corrected chi connectivity index (χ0v) is 20.0. The van der Waals surface area contributed by atoms with Crippen LogP contribution in [0.1, 0.15) is 5.56 Å². The van der Waals surface area contributed by atoms with E-state index in [9.17, 15) is 13.2 Å². The molecule has 0 saturated carbocycles. The Balaban J connectivity index is 1.58. The van der Waals surface area contributed by atoms with Crippen molar-refractivity contribution >= 4 is 38.4 Å². The lowest BCUT2D eigenvalue weighted by atomic mass is 10.1.